The number of rotatable bonds is 2. The van der Waals surface area contributed by atoms with Gasteiger partial charge in [-0.05, 0) is 26.0 Å². The Morgan fingerprint density at radius 3 is 2.78 bits per heavy atom. The molecule has 0 aliphatic heterocycles. The van der Waals surface area contributed by atoms with Crippen LogP contribution in [-0.2, 0) is 0 Å². The van der Waals surface area contributed by atoms with Gasteiger partial charge in [-0.1, -0.05) is 12.1 Å². The molecule has 0 spiro atoms. The molecule has 5 heteroatoms. The van der Waals surface area contributed by atoms with Crippen LogP contribution in [0.3, 0.4) is 0 Å². The van der Waals surface area contributed by atoms with Crippen molar-refractivity contribution in [2.45, 2.75) is 19.4 Å². The van der Waals surface area contributed by atoms with E-state index in [2.05, 4.69) is 0 Å². The Bertz CT molecular complexity index is 708. The molecule has 0 aliphatic rings. The van der Waals surface area contributed by atoms with Crippen LogP contribution < -0.4 is 5.76 Å². The molecule has 0 amide bonds. The van der Waals surface area contributed by atoms with Crippen LogP contribution in [0.2, 0.25) is 0 Å². The van der Waals surface area contributed by atoms with Gasteiger partial charge < -0.3 is 9.52 Å². The molecule has 1 aromatic carbocycles. The maximum absolute atomic E-state index is 11.8. The Morgan fingerprint density at radius 1 is 1.50 bits per heavy atom. The summed E-state index contributed by atoms with van der Waals surface area (Å²) >= 11 is 0. The predicted molar refractivity (Wildman–Crippen MR) is 66.7 cm³/mol. The second-order valence-electron chi connectivity index (χ2n) is 4.39. The van der Waals surface area contributed by atoms with Gasteiger partial charge in [-0.3, -0.25) is 0 Å². The van der Waals surface area contributed by atoms with Gasteiger partial charge in [-0.25, -0.2) is 9.36 Å². The highest BCUT2D eigenvalue weighted by Crippen LogP contribution is 2.24. The first-order chi connectivity index (χ1) is 8.45. The zero-order valence-electron chi connectivity index (χ0n) is 10.0. The number of allylic oxidation sites excluding steroid dienone is 1. The summed E-state index contributed by atoms with van der Waals surface area (Å²) in [6.45, 7) is 3.01. The molecule has 5 nitrogen and oxygen atoms in total. The van der Waals surface area contributed by atoms with Gasteiger partial charge in [0, 0.05) is 6.08 Å². The fourth-order valence-corrected chi connectivity index (χ4v) is 1.77. The van der Waals surface area contributed by atoms with E-state index in [0.717, 1.165) is 6.08 Å². The number of para-hydroxylation sites is 2. The van der Waals surface area contributed by atoms with Crippen molar-refractivity contribution in [1.82, 2.24) is 4.57 Å². The molecule has 0 aliphatic carbocycles. The predicted octanol–water partition coefficient (Wildman–Crippen LogP) is 1.73. The van der Waals surface area contributed by atoms with Crippen LogP contribution in [-0.4, -0.2) is 15.3 Å². The Balaban J connectivity index is 2.82. The molecule has 0 saturated heterocycles. The molecule has 0 unspecified atom stereocenters. The van der Waals surface area contributed by atoms with Gasteiger partial charge in [0.05, 0.1) is 17.3 Å². The van der Waals surface area contributed by atoms with Gasteiger partial charge in [0.25, 0.3) is 0 Å². The van der Waals surface area contributed by atoms with Crippen LogP contribution in [0.5, 0.6) is 0 Å². The van der Waals surface area contributed by atoms with Crippen molar-refractivity contribution in [3.05, 3.63) is 40.9 Å². The van der Waals surface area contributed by atoms with Crippen molar-refractivity contribution in [2.75, 3.05) is 0 Å². The first-order valence-electron chi connectivity index (χ1n) is 5.39. The third kappa shape index (κ3) is 1.94. The average Bonchev–Trinajstić information content (AvgIpc) is 2.60. The Hall–Kier alpha value is -2.32. The standard InChI is InChI=1S/C13H12N2O3/c1-13(2,17)11(7-8-14)15-9-5-3-4-6-10(9)18-12(15)16/h3-7,17H,1-2H3/b11-7+. The van der Waals surface area contributed by atoms with Gasteiger partial charge in [0.2, 0.25) is 0 Å². The van der Waals surface area contributed by atoms with E-state index < -0.39 is 11.4 Å². The number of aromatic nitrogens is 1. The molecule has 92 valence electrons. The van der Waals surface area contributed by atoms with E-state index >= 15 is 0 Å². The SMILES string of the molecule is CC(C)(O)/C(=C\C#N)n1c(=O)oc2ccccc21. The normalized spacial score (nSPS) is 12.7. The number of benzene rings is 1. The molecule has 2 rings (SSSR count). The zero-order valence-corrected chi connectivity index (χ0v) is 10.0. The molecule has 0 saturated carbocycles. The average molecular weight is 244 g/mol. The van der Waals surface area contributed by atoms with Gasteiger partial charge in [0.15, 0.2) is 5.58 Å². The van der Waals surface area contributed by atoms with Crippen LogP contribution in [0, 0.1) is 11.3 Å². The number of hydrogen-bond acceptors (Lipinski definition) is 4. The van der Waals surface area contributed by atoms with E-state index in [4.69, 9.17) is 9.68 Å². The molecule has 1 N–H and O–H groups in total. The third-order valence-corrected chi connectivity index (χ3v) is 2.56. The minimum Gasteiger partial charge on any atom is -0.407 e. The van der Waals surface area contributed by atoms with Crippen molar-refractivity contribution >= 4 is 16.8 Å². The minimum atomic E-state index is -1.33. The number of hydrogen-bond donors (Lipinski definition) is 1. The smallest absolute Gasteiger partial charge is 0.407 e. The summed E-state index contributed by atoms with van der Waals surface area (Å²) in [6, 6.07) is 8.67. The van der Waals surface area contributed by atoms with Gasteiger partial charge in [-0.2, -0.15) is 5.26 Å². The van der Waals surface area contributed by atoms with Crippen molar-refractivity contribution in [3.63, 3.8) is 0 Å². The van der Waals surface area contributed by atoms with Gasteiger partial charge in [-0.15, -0.1) is 0 Å². The van der Waals surface area contributed by atoms with Crippen LogP contribution in [0.1, 0.15) is 13.8 Å². The van der Waals surface area contributed by atoms with Crippen LogP contribution in [0.15, 0.2) is 39.6 Å². The fraction of sp³-hybridized carbons (Fsp3) is 0.231. The summed E-state index contributed by atoms with van der Waals surface area (Å²) in [7, 11) is 0. The van der Waals surface area contributed by atoms with Crippen molar-refractivity contribution < 1.29 is 9.52 Å². The van der Waals surface area contributed by atoms with Crippen molar-refractivity contribution in [3.8, 4) is 6.07 Å². The second kappa shape index (κ2) is 4.17. The van der Waals surface area contributed by atoms with Gasteiger partial charge >= 0.3 is 5.76 Å². The summed E-state index contributed by atoms with van der Waals surface area (Å²) in [4.78, 5) is 11.8. The molecule has 18 heavy (non-hydrogen) atoms. The number of aliphatic hydroxyl groups is 1. The van der Waals surface area contributed by atoms with Crippen LogP contribution in [0.4, 0.5) is 0 Å². The Morgan fingerprint density at radius 2 is 2.17 bits per heavy atom. The summed E-state index contributed by atoms with van der Waals surface area (Å²) in [5.74, 6) is -0.625. The van der Waals surface area contributed by atoms with E-state index in [9.17, 15) is 9.90 Å². The molecule has 0 bridgehead atoms. The van der Waals surface area contributed by atoms with E-state index in [0.29, 0.717) is 11.1 Å². The molecule has 1 aromatic heterocycles. The van der Waals surface area contributed by atoms with Gasteiger partial charge in [0.1, 0.15) is 5.60 Å². The van der Waals surface area contributed by atoms with E-state index in [-0.39, 0.29) is 5.70 Å². The number of nitriles is 1. The minimum absolute atomic E-state index is 0.181. The summed E-state index contributed by atoms with van der Waals surface area (Å²) in [5.41, 5.74) is -0.215. The fourth-order valence-electron chi connectivity index (χ4n) is 1.77. The second-order valence-corrected chi connectivity index (χ2v) is 4.39. The van der Waals surface area contributed by atoms with E-state index in [1.165, 1.54) is 18.4 Å². The maximum Gasteiger partial charge on any atom is 0.424 e. The number of nitrogens with zero attached hydrogens (tertiary/aromatic N) is 2. The highest BCUT2D eigenvalue weighted by atomic mass is 16.4. The monoisotopic (exact) mass is 244 g/mol. The van der Waals surface area contributed by atoms with Crippen molar-refractivity contribution in [1.29, 1.82) is 5.26 Å². The lowest BCUT2D eigenvalue weighted by Gasteiger charge is -2.20. The Labute approximate surface area is 103 Å². The lowest BCUT2D eigenvalue weighted by atomic mass is 10.0. The lowest BCUT2D eigenvalue weighted by Crippen LogP contribution is -2.29. The third-order valence-electron chi connectivity index (χ3n) is 2.56. The molecule has 0 radical (unpaired) electrons. The molecule has 0 fully saturated rings. The quantitative estimate of drug-likeness (QED) is 0.816. The van der Waals surface area contributed by atoms with Crippen molar-refractivity contribution in [2.24, 2.45) is 0 Å². The zero-order chi connectivity index (χ0) is 13.3. The largest absolute Gasteiger partial charge is 0.424 e. The topological polar surface area (TPSA) is 79.2 Å². The van der Waals surface area contributed by atoms with Crippen LogP contribution >= 0.6 is 0 Å². The Kier molecular flexibility index (Phi) is 2.81. The maximum atomic E-state index is 11.8. The van der Waals surface area contributed by atoms with Crippen LogP contribution in [0.25, 0.3) is 16.8 Å². The molecular weight excluding hydrogens is 232 g/mol. The summed E-state index contributed by atoms with van der Waals surface area (Å²) in [6.07, 6.45) is 1.14. The molecule has 2 aromatic rings. The van der Waals surface area contributed by atoms with E-state index in [1.807, 2.05) is 6.07 Å². The molecule has 1 heterocycles. The van der Waals surface area contributed by atoms with E-state index in [1.54, 1.807) is 24.3 Å². The number of oxazole rings is 1. The molecular formula is C13H12N2O3. The number of fused-ring (bicyclic) bond motifs is 1. The highest BCUT2D eigenvalue weighted by molar-refractivity contribution is 5.78. The lowest BCUT2D eigenvalue weighted by molar-refractivity contribution is 0.137. The highest BCUT2D eigenvalue weighted by Gasteiger charge is 2.25. The first kappa shape index (κ1) is 12.1. The first-order valence-corrected chi connectivity index (χ1v) is 5.39. The summed E-state index contributed by atoms with van der Waals surface area (Å²) in [5, 5.41) is 18.8. The molecule has 0 atom stereocenters. The summed E-state index contributed by atoms with van der Waals surface area (Å²) < 4.78 is 6.27.